The molecule has 0 unspecified atom stereocenters. The molecule has 0 saturated heterocycles. The first kappa shape index (κ1) is 6.17. The normalized spacial score (nSPS) is 20.4. The molecule has 8 heavy (non-hydrogen) atoms. The summed E-state index contributed by atoms with van der Waals surface area (Å²) in [6.07, 6.45) is 6.67. The van der Waals surface area contributed by atoms with Crippen molar-refractivity contribution in [3.63, 3.8) is 0 Å². The van der Waals surface area contributed by atoms with E-state index in [4.69, 9.17) is 0 Å². The third-order valence-corrected chi connectivity index (χ3v) is 1.94. The summed E-state index contributed by atoms with van der Waals surface area (Å²) in [5.41, 5.74) is 0. The first-order valence-electron chi connectivity index (χ1n) is 2.92. The maximum absolute atomic E-state index is 10.1. The first-order valence-corrected chi connectivity index (χ1v) is 3.66. The number of rotatable bonds is 1. The molecular weight excluding hydrogens is 120 g/mol. The zero-order valence-electron chi connectivity index (χ0n) is 4.72. The second kappa shape index (κ2) is 3.15. The topological polar surface area (TPSA) is 23.1 Å². The van der Waals surface area contributed by atoms with E-state index in [1.54, 1.807) is 0 Å². The minimum absolute atomic E-state index is 0.657. The predicted octanol–water partition coefficient (Wildman–Crippen LogP) is 2.31. The van der Waals surface area contributed by atoms with Crippen LogP contribution < -0.4 is 0 Å². The van der Waals surface area contributed by atoms with Gasteiger partial charge in [0.1, 0.15) is 0 Å². The van der Waals surface area contributed by atoms with Crippen LogP contribution in [0.5, 0.6) is 0 Å². The first-order chi connectivity index (χ1) is 3.93. The summed E-state index contributed by atoms with van der Waals surface area (Å²) >= 11 is 0.657. The number of hydrogen-bond donors (Lipinski definition) is 0. The molecule has 0 amide bonds. The van der Waals surface area contributed by atoms with Crippen LogP contribution in [0.3, 0.4) is 0 Å². The Morgan fingerprint density at radius 3 is 2.75 bits per heavy atom. The largest absolute Gasteiger partial charge is 0.795 e. The van der Waals surface area contributed by atoms with Crippen molar-refractivity contribution in [3.8, 4) is 0 Å². The van der Waals surface area contributed by atoms with E-state index < -0.39 is 0 Å². The Morgan fingerprint density at radius 1 is 1.50 bits per heavy atom. The zero-order valence-corrected chi connectivity index (χ0v) is 5.54. The number of allylic oxidation sites excluding steroid dienone is 2. The summed E-state index contributed by atoms with van der Waals surface area (Å²) in [6.45, 7) is 0. The van der Waals surface area contributed by atoms with Gasteiger partial charge in [0.05, 0.1) is 0 Å². The van der Waals surface area contributed by atoms with Crippen LogP contribution in [0, 0.1) is 0 Å². The lowest BCUT2D eigenvalue weighted by Crippen LogP contribution is -1.86. The average Bonchev–Trinajstić information content (AvgIpc) is 1.90. The maximum Gasteiger partial charge on any atom is -0.0233 e. The number of hydrogen-bond acceptors (Lipinski definition) is 2. The van der Waals surface area contributed by atoms with Gasteiger partial charge in [-0.15, -0.1) is 0 Å². The van der Waals surface area contributed by atoms with Crippen molar-refractivity contribution in [2.24, 2.45) is 0 Å². The third kappa shape index (κ3) is 1.53. The molecule has 0 aromatic carbocycles. The lowest BCUT2D eigenvalue weighted by Gasteiger charge is -2.13. The minimum atomic E-state index is 0.657. The zero-order chi connectivity index (χ0) is 5.82. The van der Waals surface area contributed by atoms with Crippen molar-refractivity contribution < 1.29 is 4.55 Å². The van der Waals surface area contributed by atoms with Gasteiger partial charge >= 0.3 is 0 Å². The molecule has 0 fully saturated rings. The molecule has 1 aliphatic rings. The second-order valence-corrected chi connectivity index (χ2v) is 2.69. The van der Waals surface area contributed by atoms with Crippen molar-refractivity contribution in [1.29, 1.82) is 0 Å². The highest BCUT2D eigenvalue weighted by Crippen LogP contribution is 2.24. The van der Waals surface area contributed by atoms with Crippen LogP contribution in [0.15, 0.2) is 11.0 Å². The summed E-state index contributed by atoms with van der Waals surface area (Å²) in [4.78, 5) is 1.04. The van der Waals surface area contributed by atoms with E-state index in [9.17, 15) is 4.55 Å². The van der Waals surface area contributed by atoms with Gasteiger partial charge in [-0.2, -0.15) is 0 Å². The van der Waals surface area contributed by atoms with E-state index in [1.807, 2.05) is 0 Å². The van der Waals surface area contributed by atoms with Gasteiger partial charge in [-0.05, 0) is 30.6 Å². The molecule has 1 aliphatic carbocycles. The predicted molar refractivity (Wildman–Crippen MR) is 34.9 cm³/mol. The minimum Gasteiger partial charge on any atom is -0.795 e. The van der Waals surface area contributed by atoms with Crippen molar-refractivity contribution >= 4 is 12.0 Å². The molecule has 0 heterocycles. The van der Waals surface area contributed by atoms with Crippen molar-refractivity contribution in [2.45, 2.75) is 25.7 Å². The third-order valence-electron chi connectivity index (χ3n) is 1.36. The molecule has 0 N–H and O–H groups in total. The molecule has 0 radical (unpaired) electrons. The lowest BCUT2D eigenvalue weighted by molar-refractivity contribution is 0.617. The van der Waals surface area contributed by atoms with E-state index in [1.165, 1.54) is 12.8 Å². The van der Waals surface area contributed by atoms with Gasteiger partial charge in [-0.1, -0.05) is 6.08 Å². The molecule has 1 nitrogen and oxygen atoms in total. The highest BCUT2D eigenvalue weighted by atomic mass is 32.2. The highest BCUT2D eigenvalue weighted by Gasteiger charge is 1.97. The van der Waals surface area contributed by atoms with Crippen molar-refractivity contribution in [3.05, 3.63) is 11.0 Å². The highest BCUT2D eigenvalue weighted by molar-refractivity contribution is 7.97. The van der Waals surface area contributed by atoms with Gasteiger partial charge in [0, 0.05) is 0 Å². The van der Waals surface area contributed by atoms with Gasteiger partial charge in [0.25, 0.3) is 0 Å². The van der Waals surface area contributed by atoms with Crippen LogP contribution in [0.1, 0.15) is 25.7 Å². The smallest absolute Gasteiger partial charge is 0.0233 e. The van der Waals surface area contributed by atoms with Crippen molar-refractivity contribution in [1.82, 2.24) is 0 Å². The second-order valence-electron chi connectivity index (χ2n) is 2.00. The van der Waals surface area contributed by atoms with Crippen LogP contribution in [-0.4, -0.2) is 4.55 Å². The molecule has 0 atom stereocenters. The fourth-order valence-corrected chi connectivity index (χ4v) is 1.30. The Kier molecular flexibility index (Phi) is 2.43. The monoisotopic (exact) mass is 129 g/mol. The van der Waals surface area contributed by atoms with E-state index in [0.29, 0.717) is 12.0 Å². The average molecular weight is 129 g/mol. The van der Waals surface area contributed by atoms with Gasteiger partial charge in [-0.3, -0.25) is 0 Å². The molecular formula is C6H9OS-. The van der Waals surface area contributed by atoms with Crippen LogP contribution >= 0.6 is 12.0 Å². The molecule has 46 valence electrons. The Balaban J connectivity index is 2.37. The Hall–Kier alpha value is 0.0500. The molecule has 0 bridgehead atoms. The quantitative estimate of drug-likeness (QED) is 0.507. The van der Waals surface area contributed by atoms with Crippen LogP contribution in [0.2, 0.25) is 0 Å². The summed E-state index contributed by atoms with van der Waals surface area (Å²) in [5.74, 6) is 0. The summed E-state index contributed by atoms with van der Waals surface area (Å²) < 4.78 is 10.1. The fraction of sp³-hybridized carbons (Fsp3) is 0.667. The van der Waals surface area contributed by atoms with Crippen LogP contribution in [0.25, 0.3) is 0 Å². The molecule has 0 saturated carbocycles. The fourth-order valence-electron chi connectivity index (χ4n) is 0.884. The van der Waals surface area contributed by atoms with E-state index >= 15 is 0 Å². The summed E-state index contributed by atoms with van der Waals surface area (Å²) in [6, 6.07) is 0. The summed E-state index contributed by atoms with van der Waals surface area (Å²) in [5, 5.41) is 0. The Morgan fingerprint density at radius 2 is 2.38 bits per heavy atom. The molecule has 2 heteroatoms. The van der Waals surface area contributed by atoms with Crippen LogP contribution in [0.4, 0.5) is 0 Å². The Labute approximate surface area is 54.0 Å². The Bertz CT molecular complexity index is 98.7. The van der Waals surface area contributed by atoms with Gasteiger partial charge < -0.3 is 4.55 Å². The molecule has 1 rings (SSSR count). The maximum atomic E-state index is 10.1. The van der Waals surface area contributed by atoms with Crippen LogP contribution in [-0.2, 0) is 0 Å². The van der Waals surface area contributed by atoms with E-state index in [-0.39, 0.29) is 0 Å². The molecule has 0 aromatic rings. The standard InChI is InChI=1S/C6H10OS/c7-8-6-4-2-1-3-5-6/h4,7H,1-3,5H2/p-1. The van der Waals surface area contributed by atoms with E-state index in [2.05, 4.69) is 6.08 Å². The SMILES string of the molecule is [O-]SC1=CCCCC1. The lowest BCUT2D eigenvalue weighted by atomic mass is 10.1. The van der Waals surface area contributed by atoms with Crippen molar-refractivity contribution in [2.75, 3.05) is 0 Å². The molecule has 0 aliphatic heterocycles. The van der Waals surface area contributed by atoms with E-state index in [0.717, 1.165) is 17.7 Å². The summed E-state index contributed by atoms with van der Waals surface area (Å²) in [7, 11) is 0. The van der Waals surface area contributed by atoms with Gasteiger partial charge in [-0.25, -0.2) is 12.0 Å². The molecule has 0 spiro atoms. The molecule has 0 aromatic heterocycles. The van der Waals surface area contributed by atoms with Gasteiger partial charge in [0.2, 0.25) is 0 Å². The van der Waals surface area contributed by atoms with Gasteiger partial charge in [0.15, 0.2) is 0 Å².